The number of hydrogen-bond donors (Lipinski definition) is 2. The van der Waals surface area contributed by atoms with Gasteiger partial charge in [0.15, 0.2) is 0 Å². The van der Waals surface area contributed by atoms with Crippen LogP contribution in [0, 0.1) is 5.92 Å². The summed E-state index contributed by atoms with van der Waals surface area (Å²) in [6.07, 6.45) is 4.36. The lowest BCUT2D eigenvalue weighted by Crippen LogP contribution is -2.33. The first-order valence-corrected chi connectivity index (χ1v) is 8.22. The van der Waals surface area contributed by atoms with E-state index in [0.29, 0.717) is 6.54 Å². The zero-order chi connectivity index (χ0) is 16.4. The lowest BCUT2D eigenvalue weighted by atomic mass is 9.87. The van der Waals surface area contributed by atoms with Crippen LogP contribution in [0.25, 0.3) is 11.3 Å². The van der Waals surface area contributed by atoms with Gasteiger partial charge in [0.2, 0.25) is 5.91 Å². The van der Waals surface area contributed by atoms with E-state index in [4.69, 9.17) is 4.42 Å². The highest BCUT2D eigenvalue weighted by atomic mass is 16.3. The number of hydrogen-bond acceptors (Lipinski definition) is 3. The molecule has 2 aromatic heterocycles. The molecule has 1 atom stereocenters. The number of carbonyl (C=O) groups excluding carboxylic acids is 1. The van der Waals surface area contributed by atoms with Crippen LogP contribution in [0.2, 0.25) is 0 Å². The monoisotopic (exact) mass is 321 g/mol. The van der Waals surface area contributed by atoms with E-state index < -0.39 is 0 Å². The summed E-state index contributed by atoms with van der Waals surface area (Å²) in [5.74, 6) is 1.66. The highest BCUT2D eigenvalue weighted by Crippen LogP contribution is 2.24. The van der Waals surface area contributed by atoms with E-state index in [1.54, 1.807) is 0 Å². The number of nitrogens with one attached hydrogen (secondary N) is 2. The summed E-state index contributed by atoms with van der Waals surface area (Å²) in [5, 5.41) is 10.0. The van der Waals surface area contributed by atoms with Crippen LogP contribution in [0.1, 0.15) is 23.4 Å². The Bertz CT molecular complexity index is 835. The number of furan rings is 1. The Morgan fingerprint density at radius 2 is 2.12 bits per heavy atom. The van der Waals surface area contributed by atoms with E-state index in [0.717, 1.165) is 42.0 Å². The third-order valence-electron chi connectivity index (χ3n) is 4.55. The van der Waals surface area contributed by atoms with Crippen LogP contribution >= 0.6 is 0 Å². The van der Waals surface area contributed by atoms with Crippen LogP contribution < -0.4 is 5.32 Å². The highest BCUT2D eigenvalue weighted by molar-refractivity contribution is 5.79. The predicted molar refractivity (Wildman–Crippen MR) is 90.1 cm³/mol. The van der Waals surface area contributed by atoms with E-state index in [1.165, 1.54) is 5.56 Å². The molecule has 0 fully saturated rings. The van der Waals surface area contributed by atoms with E-state index in [-0.39, 0.29) is 11.8 Å². The fourth-order valence-electron chi connectivity index (χ4n) is 3.18. The molecule has 0 radical (unpaired) electrons. The van der Waals surface area contributed by atoms with Crippen molar-refractivity contribution in [3.05, 3.63) is 65.7 Å². The Balaban J connectivity index is 1.36. The standard InChI is InChI=1S/C19H19N3O2/c23-19(14-6-7-15-11-21-22-17(15)10-14)20-12-16-8-9-18(24-16)13-4-2-1-3-5-13/h1-5,8-9,11,14H,6-7,10,12H2,(H,20,23)(H,21,22)/t14-/m1/s1. The zero-order valence-electron chi connectivity index (χ0n) is 13.3. The second kappa shape index (κ2) is 6.35. The first kappa shape index (κ1) is 14.8. The molecule has 0 saturated heterocycles. The van der Waals surface area contributed by atoms with Gasteiger partial charge in [0, 0.05) is 23.6 Å². The molecule has 5 heteroatoms. The maximum Gasteiger partial charge on any atom is 0.223 e. The maximum atomic E-state index is 12.4. The summed E-state index contributed by atoms with van der Waals surface area (Å²) in [4.78, 5) is 12.4. The molecular formula is C19H19N3O2. The van der Waals surface area contributed by atoms with Crippen molar-refractivity contribution in [2.45, 2.75) is 25.8 Å². The van der Waals surface area contributed by atoms with Crippen molar-refractivity contribution in [2.24, 2.45) is 5.92 Å². The summed E-state index contributed by atoms with van der Waals surface area (Å²) >= 11 is 0. The minimum absolute atomic E-state index is 0.00139. The summed E-state index contributed by atoms with van der Waals surface area (Å²) < 4.78 is 5.82. The molecule has 24 heavy (non-hydrogen) atoms. The van der Waals surface area contributed by atoms with Gasteiger partial charge in [0.05, 0.1) is 12.7 Å². The summed E-state index contributed by atoms with van der Waals surface area (Å²) in [5.41, 5.74) is 3.36. The molecule has 4 rings (SSSR count). The number of fused-ring (bicyclic) bond motifs is 1. The molecule has 1 aromatic carbocycles. The van der Waals surface area contributed by atoms with Gasteiger partial charge in [-0.2, -0.15) is 5.10 Å². The van der Waals surface area contributed by atoms with Crippen molar-refractivity contribution < 1.29 is 9.21 Å². The molecule has 122 valence electrons. The van der Waals surface area contributed by atoms with Crippen LogP contribution in [0.3, 0.4) is 0 Å². The minimum atomic E-state index is 0.00139. The molecule has 3 aromatic rings. The quantitative estimate of drug-likeness (QED) is 0.776. The molecule has 2 N–H and O–H groups in total. The molecule has 0 saturated carbocycles. The summed E-state index contributed by atoms with van der Waals surface area (Å²) in [7, 11) is 0. The second-order valence-electron chi connectivity index (χ2n) is 6.16. The van der Waals surface area contributed by atoms with Gasteiger partial charge < -0.3 is 9.73 Å². The first-order valence-electron chi connectivity index (χ1n) is 8.22. The number of aryl methyl sites for hydroxylation is 1. The molecule has 2 heterocycles. The summed E-state index contributed by atoms with van der Waals surface area (Å²) in [6, 6.07) is 13.8. The molecule has 1 aliphatic rings. The molecule has 0 spiro atoms. The highest BCUT2D eigenvalue weighted by Gasteiger charge is 2.25. The van der Waals surface area contributed by atoms with Gasteiger partial charge in [-0.15, -0.1) is 0 Å². The topological polar surface area (TPSA) is 70.9 Å². The average Bonchev–Trinajstić information content (AvgIpc) is 3.29. The molecule has 1 amide bonds. The predicted octanol–water partition coefficient (Wildman–Crippen LogP) is 3.09. The number of nitrogens with zero attached hydrogens (tertiary/aromatic N) is 1. The van der Waals surface area contributed by atoms with E-state index in [1.807, 2.05) is 48.7 Å². The summed E-state index contributed by atoms with van der Waals surface area (Å²) in [6.45, 7) is 0.415. The van der Waals surface area contributed by atoms with Crippen LogP contribution in [-0.2, 0) is 24.2 Å². The van der Waals surface area contributed by atoms with Crippen LogP contribution in [0.15, 0.2) is 53.1 Å². The molecule has 5 nitrogen and oxygen atoms in total. The van der Waals surface area contributed by atoms with Gasteiger partial charge in [-0.3, -0.25) is 9.89 Å². The normalized spacial score (nSPS) is 16.6. The van der Waals surface area contributed by atoms with Crippen molar-refractivity contribution in [3.63, 3.8) is 0 Å². The number of benzene rings is 1. The molecule has 0 aliphatic heterocycles. The number of aromatic nitrogens is 2. The zero-order valence-corrected chi connectivity index (χ0v) is 13.3. The Hall–Kier alpha value is -2.82. The first-order chi connectivity index (χ1) is 11.8. The Kier molecular flexibility index (Phi) is 3.91. The smallest absolute Gasteiger partial charge is 0.223 e. The van der Waals surface area contributed by atoms with Crippen molar-refractivity contribution in [1.29, 1.82) is 0 Å². The Morgan fingerprint density at radius 1 is 1.25 bits per heavy atom. The van der Waals surface area contributed by atoms with E-state index >= 15 is 0 Å². The third kappa shape index (κ3) is 2.97. The fraction of sp³-hybridized carbons (Fsp3) is 0.263. The van der Waals surface area contributed by atoms with Crippen LogP contribution in [0.4, 0.5) is 0 Å². The Morgan fingerprint density at radius 3 is 3.00 bits per heavy atom. The van der Waals surface area contributed by atoms with Gasteiger partial charge >= 0.3 is 0 Å². The van der Waals surface area contributed by atoms with Gasteiger partial charge in [0.25, 0.3) is 0 Å². The van der Waals surface area contributed by atoms with Crippen molar-refractivity contribution in [2.75, 3.05) is 0 Å². The fourth-order valence-corrected chi connectivity index (χ4v) is 3.18. The molecular weight excluding hydrogens is 302 g/mol. The van der Waals surface area contributed by atoms with Crippen LogP contribution in [-0.4, -0.2) is 16.1 Å². The van der Waals surface area contributed by atoms with Crippen molar-refractivity contribution in [1.82, 2.24) is 15.5 Å². The molecule has 0 unspecified atom stereocenters. The van der Waals surface area contributed by atoms with Gasteiger partial charge in [0.1, 0.15) is 11.5 Å². The number of amides is 1. The van der Waals surface area contributed by atoms with Gasteiger partial charge in [-0.05, 0) is 30.5 Å². The maximum absolute atomic E-state index is 12.4. The minimum Gasteiger partial charge on any atom is -0.459 e. The lowest BCUT2D eigenvalue weighted by Gasteiger charge is -2.20. The number of rotatable bonds is 4. The van der Waals surface area contributed by atoms with Crippen molar-refractivity contribution >= 4 is 5.91 Å². The Labute approximate surface area is 140 Å². The van der Waals surface area contributed by atoms with E-state index in [9.17, 15) is 4.79 Å². The number of aromatic amines is 1. The number of H-pyrrole nitrogens is 1. The SMILES string of the molecule is O=C(NCc1ccc(-c2ccccc2)o1)[C@@H]1CCc2cn[nH]c2C1. The van der Waals surface area contributed by atoms with Gasteiger partial charge in [-0.1, -0.05) is 30.3 Å². The van der Waals surface area contributed by atoms with Gasteiger partial charge in [-0.25, -0.2) is 0 Å². The number of carbonyl (C=O) groups is 1. The molecule has 0 bridgehead atoms. The third-order valence-corrected chi connectivity index (χ3v) is 4.55. The average molecular weight is 321 g/mol. The second-order valence-corrected chi connectivity index (χ2v) is 6.16. The van der Waals surface area contributed by atoms with Crippen LogP contribution in [0.5, 0.6) is 0 Å². The largest absolute Gasteiger partial charge is 0.459 e. The van der Waals surface area contributed by atoms with Crippen molar-refractivity contribution in [3.8, 4) is 11.3 Å². The van der Waals surface area contributed by atoms with E-state index in [2.05, 4.69) is 15.5 Å². The molecule has 1 aliphatic carbocycles. The lowest BCUT2D eigenvalue weighted by molar-refractivity contribution is -0.125.